The highest BCUT2D eigenvalue weighted by atomic mass is 79.9. The number of carbonyl (C=O) groups is 1. The number of halogens is 1. The Kier molecular flexibility index (Phi) is 4.60. The van der Waals surface area contributed by atoms with Crippen molar-refractivity contribution in [3.63, 3.8) is 0 Å². The average Bonchev–Trinajstić information content (AvgIpc) is 2.19. The Balaban J connectivity index is 3.38. The Labute approximate surface area is 105 Å². The fourth-order valence-electron chi connectivity index (χ4n) is 1.25. The van der Waals surface area contributed by atoms with Crippen molar-refractivity contribution in [2.75, 3.05) is 18.5 Å². The van der Waals surface area contributed by atoms with Crippen LogP contribution in [0.25, 0.3) is 0 Å². The summed E-state index contributed by atoms with van der Waals surface area (Å²) in [5, 5.41) is 1.43. The SMILES string of the molecule is CN(C)N(c1c(Br)cccc1C=O)S(=O)O. The first kappa shape index (κ1) is 13.3. The third-order valence-electron chi connectivity index (χ3n) is 1.85. The molecule has 5 nitrogen and oxygen atoms in total. The molecule has 0 aliphatic carbocycles. The average molecular weight is 307 g/mol. The number of carbonyl (C=O) groups excluding carboxylic acids is 1. The van der Waals surface area contributed by atoms with Gasteiger partial charge in [0.15, 0.2) is 6.29 Å². The molecule has 16 heavy (non-hydrogen) atoms. The van der Waals surface area contributed by atoms with Crippen molar-refractivity contribution in [2.24, 2.45) is 0 Å². The van der Waals surface area contributed by atoms with Crippen LogP contribution in [0.5, 0.6) is 0 Å². The number of hydrazine groups is 1. The lowest BCUT2D eigenvalue weighted by atomic mass is 10.2. The molecule has 1 aromatic rings. The molecule has 1 N–H and O–H groups in total. The van der Waals surface area contributed by atoms with Gasteiger partial charge in [-0.15, -0.1) is 0 Å². The zero-order valence-corrected chi connectivity index (χ0v) is 11.2. The Bertz CT molecular complexity index is 425. The van der Waals surface area contributed by atoms with Crippen LogP contribution in [0.15, 0.2) is 22.7 Å². The minimum Gasteiger partial charge on any atom is -0.298 e. The van der Waals surface area contributed by atoms with E-state index in [2.05, 4.69) is 15.9 Å². The van der Waals surface area contributed by atoms with Gasteiger partial charge in [-0.3, -0.25) is 9.35 Å². The summed E-state index contributed by atoms with van der Waals surface area (Å²) in [4.78, 5) is 10.9. The van der Waals surface area contributed by atoms with Gasteiger partial charge in [0.25, 0.3) is 11.3 Å². The van der Waals surface area contributed by atoms with Crippen LogP contribution in [0.2, 0.25) is 0 Å². The first-order valence-electron chi connectivity index (χ1n) is 4.31. The van der Waals surface area contributed by atoms with Crippen molar-refractivity contribution >= 4 is 39.2 Å². The quantitative estimate of drug-likeness (QED) is 0.522. The molecular weight excluding hydrogens is 296 g/mol. The number of aldehydes is 1. The van der Waals surface area contributed by atoms with E-state index in [0.29, 0.717) is 22.0 Å². The number of anilines is 1. The summed E-state index contributed by atoms with van der Waals surface area (Å²) in [7, 11) is 3.23. The fourth-order valence-corrected chi connectivity index (χ4v) is 2.55. The summed E-state index contributed by atoms with van der Waals surface area (Å²) in [6.07, 6.45) is 0.642. The van der Waals surface area contributed by atoms with E-state index < -0.39 is 11.3 Å². The van der Waals surface area contributed by atoms with Crippen molar-refractivity contribution in [2.45, 2.75) is 0 Å². The predicted octanol–water partition coefficient (Wildman–Crippen LogP) is 1.68. The molecule has 0 fully saturated rings. The Morgan fingerprint density at radius 1 is 1.44 bits per heavy atom. The van der Waals surface area contributed by atoms with E-state index >= 15 is 0 Å². The molecule has 7 heteroatoms. The van der Waals surface area contributed by atoms with Crippen molar-refractivity contribution in [1.82, 2.24) is 5.01 Å². The number of rotatable bonds is 4. The van der Waals surface area contributed by atoms with Gasteiger partial charge in [0.05, 0.1) is 5.69 Å². The predicted molar refractivity (Wildman–Crippen MR) is 66.5 cm³/mol. The van der Waals surface area contributed by atoms with Gasteiger partial charge in [-0.25, -0.2) is 9.22 Å². The highest BCUT2D eigenvalue weighted by Gasteiger charge is 2.21. The third-order valence-corrected chi connectivity index (χ3v) is 3.29. The van der Waals surface area contributed by atoms with E-state index in [9.17, 15) is 13.6 Å². The van der Waals surface area contributed by atoms with Crippen LogP contribution in [0.4, 0.5) is 5.69 Å². The van der Waals surface area contributed by atoms with E-state index in [0.717, 1.165) is 4.41 Å². The maximum absolute atomic E-state index is 11.2. The van der Waals surface area contributed by atoms with Gasteiger partial charge in [-0.1, -0.05) is 6.07 Å². The highest BCUT2D eigenvalue weighted by molar-refractivity contribution is 9.10. The summed E-state index contributed by atoms with van der Waals surface area (Å²) in [5.41, 5.74) is 0.703. The van der Waals surface area contributed by atoms with Crippen LogP contribution >= 0.6 is 15.9 Å². The molecular formula is C9H11BrN2O3S. The topological polar surface area (TPSA) is 60.9 Å². The van der Waals surface area contributed by atoms with E-state index in [1.807, 2.05) is 0 Å². The Morgan fingerprint density at radius 2 is 2.06 bits per heavy atom. The van der Waals surface area contributed by atoms with Crippen LogP contribution in [-0.4, -0.2) is 34.2 Å². The lowest BCUT2D eigenvalue weighted by Crippen LogP contribution is -2.39. The molecule has 0 saturated heterocycles. The van der Waals surface area contributed by atoms with E-state index in [4.69, 9.17) is 0 Å². The monoisotopic (exact) mass is 306 g/mol. The summed E-state index contributed by atoms with van der Waals surface area (Å²) < 4.78 is 22.1. The van der Waals surface area contributed by atoms with Gasteiger partial charge < -0.3 is 0 Å². The van der Waals surface area contributed by atoms with Gasteiger partial charge in [-0.05, 0) is 28.1 Å². The van der Waals surface area contributed by atoms with Crippen molar-refractivity contribution < 1.29 is 13.6 Å². The van der Waals surface area contributed by atoms with Gasteiger partial charge >= 0.3 is 0 Å². The summed E-state index contributed by atoms with van der Waals surface area (Å²) in [5.74, 6) is 0. The van der Waals surface area contributed by atoms with Crippen LogP contribution < -0.4 is 4.41 Å². The molecule has 0 spiro atoms. The molecule has 1 atom stereocenters. The first-order chi connectivity index (χ1) is 7.49. The van der Waals surface area contributed by atoms with Crippen LogP contribution in [0.1, 0.15) is 10.4 Å². The molecule has 1 unspecified atom stereocenters. The molecule has 0 aliphatic heterocycles. The molecule has 1 rings (SSSR count). The van der Waals surface area contributed by atoms with E-state index in [-0.39, 0.29) is 0 Å². The molecule has 0 amide bonds. The van der Waals surface area contributed by atoms with Gasteiger partial charge in [0.2, 0.25) is 0 Å². The molecule has 1 aromatic carbocycles. The molecule has 0 radical (unpaired) electrons. The second-order valence-electron chi connectivity index (χ2n) is 3.15. The molecule has 0 aromatic heterocycles. The smallest absolute Gasteiger partial charge is 0.277 e. The Hall–Kier alpha value is -0.760. The minimum absolute atomic E-state index is 0.338. The highest BCUT2D eigenvalue weighted by Crippen LogP contribution is 2.30. The van der Waals surface area contributed by atoms with Crippen LogP contribution in [-0.2, 0) is 11.3 Å². The third kappa shape index (κ3) is 2.67. The van der Waals surface area contributed by atoms with Crippen LogP contribution in [0.3, 0.4) is 0 Å². The zero-order valence-electron chi connectivity index (χ0n) is 8.75. The number of para-hydroxylation sites is 1. The summed E-state index contributed by atoms with van der Waals surface area (Å²) in [6.45, 7) is 0. The van der Waals surface area contributed by atoms with Gasteiger partial charge in [-0.2, -0.15) is 4.41 Å². The number of hydrogen-bond donors (Lipinski definition) is 1. The zero-order chi connectivity index (χ0) is 12.3. The lowest BCUT2D eigenvalue weighted by Gasteiger charge is -2.28. The lowest BCUT2D eigenvalue weighted by molar-refractivity contribution is 0.112. The van der Waals surface area contributed by atoms with Crippen molar-refractivity contribution in [3.05, 3.63) is 28.2 Å². The summed E-state index contributed by atoms with van der Waals surface area (Å²) in [6, 6.07) is 4.97. The molecule has 0 bridgehead atoms. The minimum atomic E-state index is -2.24. The molecule has 0 saturated carbocycles. The number of hydrogen-bond acceptors (Lipinski definition) is 3. The maximum Gasteiger partial charge on any atom is 0.277 e. The first-order valence-corrected chi connectivity index (χ1v) is 6.16. The molecule has 0 aliphatic rings. The fraction of sp³-hybridized carbons (Fsp3) is 0.222. The number of nitrogens with zero attached hydrogens (tertiary/aromatic N) is 2. The standard InChI is InChI=1S/C9H11BrN2O3S/c1-11(2)12(16(14)15)9-7(6-13)4-3-5-8(9)10/h3-6H,1-2H3,(H,14,15). The molecule has 0 heterocycles. The normalized spacial score (nSPS) is 12.6. The largest absolute Gasteiger partial charge is 0.298 e. The van der Waals surface area contributed by atoms with E-state index in [1.54, 1.807) is 32.3 Å². The molecule has 88 valence electrons. The Morgan fingerprint density at radius 3 is 2.50 bits per heavy atom. The van der Waals surface area contributed by atoms with E-state index in [1.165, 1.54) is 5.01 Å². The van der Waals surface area contributed by atoms with Crippen molar-refractivity contribution in [3.8, 4) is 0 Å². The maximum atomic E-state index is 11.2. The summed E-state index contributed by atoms with van der Waals surface area (Å²) >= 11 is 1.02. The van der Waals surface area contributed by atoms with Crippen LogP contribution in [0, 0.1) is 0 Å². The number of benzene rings is 1. The second kappa shape index (κ2) is 5.53. The second-order valence-corrected chi connectivity index (χ2v) is 4.81. The van der Waals surface area contributed by atoms with Crippen molar-refractivity contribution in [1.29, 1.82) is 0 Å². The van der Waals surface area contributed by atoms with Gasteiger partial charge in [0.1, 0.15) is 0 Å². The van der Waals surface area contributed by atoms with Gasteiger partial charge in [0, 0.05) is 24.1 Å².